The molecule has 0 atom stereocenters. The van der Waals surface area contributed by atoms with E-state index in [1.54, 1.807) is 0 Å². The number of halogens is 3. The summed E-state index contributed by atoms with van der Waals surface area (Å²) < 4.78 is 2.26. The highest BCUT2D eigenvalue weighted by Crippen LogP contribution is 2.26. The largest absolute Gasteiger partial charge is 0.671 e. The maximum atomic E-state index is 8.23. The molecule has 62 valence electrons. The van der Waals surface area contributed by atoms with Gasteiger partial charge in [0.1, 0.15) is 0 Å². The van der Waals surface area contributed by atoms with Crippen molar-refractivity contribution in [2.45, 2.75) is 3.79 Å². The fourth-order valence-corrected chi connectivity index (χ4v) is 1.03. The summed E-state index contributed by atoms with van der Waals surface area (Å²) in [6.07, 6.45) is 0. The second kappa shape index (κ2) is 3.55. The molecular weight excluding hydrogens is 222 g/mol. The normalized spacial score (nSPS) is 13.8. The van der Waals surface area contributed by atoms with E-state index in [0.717, 1.165) is 0 Å². The number of hydrogen-bond donors (Lipinski definition) is 3. The van der Waals surface area contributed by atoms with Gasteiger partial charge in [-0.3, -0.25) is 0 Å². The van der Waals surface area contributed by atoms with E-state index in [-0.39, 0.29) is 0 Å². The third-order valence-corrected chi connectivity index (χ3v) is 1.29. The van der Waals surface area contributed by atoms with Crippen LogP contribution in [0.2, 0.25) is 0 Å². The smallest absolute Gasteiger partial charge is 0.368 e. The minimum Gasteiger partial charge on any atom is -0.368 e. The molecule has 4 nitrogen and oxygen atoms in total. The SMILES string of the molecule is O[Si](O)(O)OCC(Cl)(Cl)Cl. The summed E-state index contributed by atoms with van der Waals surface area (Å²) in [4.78, 5) is 24.7. The first-order chi connectivity index (χ1) is 4.21. The van der Waals surface area contributed by atoms with Crippen LogP contribution >= 0.6 is 34.8 Å². The number of alkyl halides is 3. The van der Waals surface area contributed by atoms with Gasteiger partial charge in [-0.1, -0.05) is 34.8 Å². The van der Waals surface area contributed by atoms with Gasteiger partial charge < -0.3 is 18.8 Å². The summed E-state index contributed by atoms with van der Waals surface area (Å²) in [7, 11) is -4.52. The lowest BCUT2D eigenvalue weighted by Gasteiger charge is -2.14. The fraction of sp³-hybridized carbons (Fsp3) is 1.00. The molecule has 0 aromatic carbocycles. The second-order valence-corrected chi connectivity index (χ2v) is 5.43. The third kappa shape index (κ3) is 8.93. The van der Waals surface area contributed by atoms with Gasteiger partial charge in [0.05, 0.1) is 6.61 Å². The van der Waals surface area contributed by atoms with Crippen molar-refractivity contribution in [1.82, 2.24) is 0 Å². The molecule has 0 saturated heterocycles. The lowest BCUT2D eigenvalue weighted by Crippen LogP contribution is -2.41. The van der Waals surface area contributed by atoms with Crippen LogP contribution in [0, 0.1) is 0 Å². The highest BCUT2D eigenvalue weighted by molar-refractivity contribution is 6.67. The van der Waals surface area contributed by atoms with Gasteiger partial charge in [-0.15, -0.1) is 0 Å². The van der Waals surface area contributed by atoms with Crippen LogP contribution < -0.4 is 0 Å². The van der Waals surface area contributed by atoms with Crippen LogP contribution in [0.1, 0.15) is 0 Å². The zero-order valence-electron chi connectivity index (χ0n) is 4.59. The molecule has 0 radical (unpaired) electrons. The van der Waals surface area contributed by atoms with E-state index in [1.807, 2.05) is 0 Å². The van der Waals surface area contributed by atoms with Crippen molar-refractivity contribution >= 4 is 43.9 Å². The second-order valence-electron chi connectivity index (χ2n) is 1.48. The van der Waals surface area contributed by atoms with Crippen LogP contribution in [-0.2, 0) is 4.43 Å². The van der Waals surface area contributed by atoms with E-state index in [2.05, 4.69) is 4.43 Å². The topological polar surface area (TPSA) is 69.9 Å². The van der Waals surface area contributed by atoms with Crippen LogP contribution in [0.5, 0.6) is 0 Å². The molecule has 3 N–H and O–H groups in total. The van der Waals surface area contributed by atoms with Gasteiger partial charge in [0, 0.05) is 0 Å². The molecule has 0 fully saturated rings. The average molecular weight is 228 g/mol. The molecule has 0 rings (SSSR count). The Bertz CT molecular complexity index is 92.1. The number of hydrogen-bond acceptors (Lipinski definition) is 4. The lowest BCUT2D eigenvalue weighted by molar-refractivity contribution is 0.0653. The summed E-state index contributed by atoms with van der Waals surface area (Å²) >= 11 is 15.4. The molecule has 0 aliphatic carbocycles. The molecule has 0 amide bonds. The molecule has 0 aromatic heterocycles. The van der Waals surface area contributed by atoms with Crippen molar-refractivity contribution < 1.29 is 18.8 Å². The van der Waals surface area contributed by atoms with Gasteiger partial charge in [0.15, 0.2) is 0 Å². The predicted molar refractivity (Wildman–Crippen MR) is 38.7 cm³/mol. The average Bonchev–Trinajstić information content (AvgIpc) is 1.57. The zero-order chi connectivity index (χ0) is 8.41. The molecule has 10 heavy (non-hydrogen) atoms. The first-order valence-electron chi connectivity index (χ1n) is 2.08. The van der Waals surface area contributed by atoms with Gasteiger partial charge in [0.25, 0.3) is 0 Å². The fourth-order valence-electron chi connectivity index (χ4n) is 0.179. The molecule has 0 heterocycles. The minimum atomic E-state index is -4.52. The van der Waals surface area contributed by atoms with Gasteiger partial charge in [0.2, 0.25) is 3.79 Å². The maximum Gasteiger partial charge on any atom is 0.671 e. The van der Waals surface area contributed by atoms with Crippen molar-refractivity contribution in [2.24, 2.45) is 0 Å². The Morgan fingerprint density at radius 3 is 1.70 bits per heavy atom. The molecule has 0 saturated carbocycles. The van der Waals surface area contributed by atoms with Gasteiger partial charge in [-0.25, -0.2) is 0 Å². The Labute approximate surface area is 73.4 Å². The molecule has 0 unspecified atom stereocenters. The highest BCUT2D eigenvalue weighted by atomic mass is 35.6. The van der Waals surface area contributed by atoms with Crippen LogP contribution in [-0.4, -0.2) is 33.8 Å². The lowest BCUT2D eigenvalue weighted by atomic mass is 10.9. The van der Waals surface area contributed by atoms with Gasteiger partial charge >= 0.3 is 9.05 Å². The summed E-state index contributed by atoms with van der Waals surface area (Å²) in [5.41, 5.74) is 0. The van der Waals surface area contributed by atoms with Crippen LogP contribution in [0.25, 0.3) is 0 Å². The highest BCUT2D eigenvalue weighted by Gasteiger charge is 2.34. The first-order valence-corrected chi connectivity index (χ1v) is 4.97. The predicted octanol–water partition coefficient (Wildman–Crippen LogP) is -0.214. The van der Waals surface area contributed by atoms with E-state index in [9.17, 15) is 0 Å². The monoisotopic (exact) mass is 226 g/mol. The van der Waals surface area contributed by atoms with E-state index in [0.29, 0.717) is 0 Å². The summed E-state index contributed by atoms with van der Waals surface area (Å²) in [6.45, 7) is -0.562. The standard InChI is InChI=1S/C2H5Cl3O4Si/c3-2(4,5)1-9-10(6,7)8/h6-8H,1H2. The van der Waals surface area contributed by atoms with Crippen LogP contribution in [0.3, 0.4) is 0 Å². The van der Waals surface area contributed by atoms with Crippen molar-refractivity contribution in [3.63, 3.8) is 0 Å². The van der Waals surface area contributed by atoms with E-state index < -0.39 is 19.4 Å². The number of rotatable bonds is 2. The summed E-state index contributed by atoms with van der Waals surface area (Å²) in [6, 6.07) is 0. The molecule has 0 aliphatic rings. The molecular formula is C2H5Cl3O4Si. The summed E-state index contributed by atoms with van der Waals surface area (Å²) in [5, 5.41) is 0. The zero-order valence-corrected chi connectivity index (χ0v) is 7.86. The van der Waals surface area contributed by atoms with E-state index in [1.165, 1.54) is 0 Å². The van der Waals surface area contributed by atoms with E-state index in [4.69, 9.17) is 49.2 Å². The Morgan fingerprint density at radius 1 is 1.20 bits per heavy atom. The minimum absolute atomic E-state index is 0.562. The Kier molecular flexibility index (Phi) is 3.88. The summed E-state index contributed by atoms with van der Waals surface area (Å²) in [5.74, 6) is 0. The van der Waals surface area contributed by atoms with Crippen LogP contribution in [0.15, 0.2) is 0 Å². The molecule has 0 aromatic rings. The maximum absolute atomic E-state index is 8.23. The third-order valence-electron chi connectivity index (χ3n) is 0.429. The Morgan fingerprint density at radius 2 is 1.60 bits per heavy atom. The molecule has 0 bridgehead atoms. The van der Waals surface area contributed by atoms with E-state index >= 15 is 0 Å². The van der Waals surface area contributed by atoms with Crippen LogP contribution in [0.4, 0.5) is 0 Å². The van der Waals surface area contributed by atoms with Gasteiger partial charge in [-0.05, 0) is 0 Å². The quantitative estimate of drug-likeness (QED) is 0.451. The molecule has 0 aliphatic heterocycles. The van der Waals surface area contributed by atoms with Crippen molar-refractivity contribution in [3.05, 3.63) is 0 Å². The first kappa shape index (κ1) is 10.9. The Hall–Kier alpha value is 0.927. The Balaban J connectivity index is 3.56. The van der Waals surface area contributed by atoms with Crippen molar-refractivity contribution in [1.29, 1.82) is 0 Å². The molecule has 0 spiro atoms. The van der Waals surface area contributed by atoms with Crippen molar-refractivity contribution in [3.8, 4) is 0 Å². The van der Waals surface area contributed by atoms with Crippen molar-refractivity contribution in [2.75, 3.05) is 6.61 Å². The van der Waals surface area contributed by atoms with Gasteiger partial charge in [-0.2, -0.15) is 0 Å². The molecule has 8 heteroatoms.